The average molecular weight is 322 g/mol. The molecule has 1 fully saturated rings. The maximum atomic E-state index is 12.1. The van der Waals surface area contributed by atoms with Gasteiger partial charge in [0.1, 0.15) is 12.2 Å². The average Bonchev–Trinajstić information content (AvgIpc) is 2.88. The fourth-order valence-corrected chi connectivity index (χ4v) is 2.31. The highest BCUT2D eigenvalue weighted by Gasteiger charge is 2.46. The first-order valence-corrected chi connectivity index (χ1v) is 7.60. The zero-order valence-electron chi connectivity index (χ0n) is 12.8. The molecule has 0 bridgehead atoms. The molecule has 1 aliphatic heterocycles. The molecule has 0 amide bonds. The Labute approximate surface area is 135 Å². The molecular formula is C17H22O6. The molecule has 6 nitrogen and oxygen atoms in total. The molecule has 2 N–H and O–H groups in total. The Hall–Kier alpha value is -1.73. The topological polar surface area (TPSA) is 85.2 Å². The lowest BCUT2D eigenvalue weighted by Crippen LogP contribution is -2.38. The monoisotopic (exact) mass is 322 g/mol. The Morgan fingerprint density at radius 1 is 1.35 bits per heavy atom. The van der Waals surface area contributed by atoms with Gasteiger partial charge >= 0.3 is 5.97 Å². The van der Waals surface area contributed by atoms with Gasteiger partial charge in [-0.3, -0.25) is 0 Å². The van der Waals surface area contributed by atoms with E-state index in [-0.39, 0.29) is 6.61 Å². The van der Waals surface area contributed by atoms with Crippen molar-refractivity contribution >= 4 is 5.97 Å². The molecule has 1 aromatic carbocycles. The first kappa shape index (κ1) is 17.6. The van der Waals surface area contributed by atoms with Gasteiger partial charge in [0.05, 0.1) is 18.8 Å². The van der Waals surface area contributed by atoms with Crippen molar-refractivity contribution in [3.05, 3.63) is 48.6 Å². The van der Waals surface area contributed by atoms with Gasteiger partial charge in [0.25, 0.3) is 0 Å². The van der Waals surface area contributed by atoms with Crippen LogP contribution in [0.1, 0.15) is 23.2 Å². The Balaban J connectivity index is 1.99. The summed E-state index contributed by atoms with van der Waals surface area (Å²) >= 11 is 0. The lowest BCUT2D eigenvalue weighted by molar-refractivity contribution is -0.170. The first-order chi connectivity index (χ1) is 11.2. The molecule has 0 radical (unpaired) electrons. The lowest BCUT2D eigenvalue weighted by Gasteiger charge is -2.21. The first-order valence-electron chi connectivity index (χ1n) is 7.60. The van der Waals surface area contributed by atoms with Gasteiger partial charge in [-0.15, -0.1) is 6.58 Å². The van der Waals surface area contributed by atoms with Crippen molar-refractivity contribution in [1.82, 2.24) is 0 Å². The number of rotatable bonds is 8. The zero-order valence-corrected chi connectivity index (χ0v) is 12.8. The number of hydrogen-bond donors (Lipinski definition) is 2. The van der Waals surface area contributed by atoms with Crippen molar-refractivity contribution in [2.45, 2.75) is 37.4 Å². The van der Waals surface area contributed by atoms with Crippen LogP contribution in [0.15, 0.2) is 43.0 Å². The van der Waals surface area contributed by atoms with Crippen LogP contribution < -0.4 is 0 Å². The van der Waals surface area contributed by atoms with Crippen LogP contribution in [-0.4, -0.2) is 54.0 Å². The molecule has 0 unspecified atom stereocenters. The molecule has 0 aliphatic carbocycles. The predicted molar refractivity (Wildman–Crippen MR) is 82.8 cm³/mol. The van der Waals surface area contributed by atoms with Crippen molar-refractivity contribution in [1.29, 1.82) is 0 Å². The number of hydrogen-bond acceptors (Lipinski definition) is 6. The van der Waals surface area contributed by atoms with Crippen LogP contribution in [-0.2, 0) is 14.2 Å². The minimum absolute atomic E-state index is 0.373. The molecule has 1 aliphatic rings. The molecule has 4 atom stereocenters. The maximum absolute atomic E-state index is 12.1. The van der Waals surface area contributed by atoms with Gasteiger partial charge in [0.2, 0.25) is 0 Å². The fourth-order valence-electron chi connectivity index (χ4n) is 2.31. The van der Waals surface area contributed by atoms with E-state index in [1.54, 1.807) is 36.4 Å². The van der Waals surface area contributed by atoms with E-state index in [0.717, 1.165) is 12.8 Å². The number of benzene rings is 1. The number of carbonyl (C=O) groups excluding carboxylic acids is 1. The molecule has 126 valence electrons. The van der Waals surface area contributed by atoms with E-state index in [0.29, 0.717) is 12.2 Å². The van der Waals surface area contributed by atoms with Gasteiger partial charge in [0.15, 0.2) is 12.4 Å². The third-order valence-corrected chi connectivity index (χ3v) is 3.56. The largest absolute Gasteiger partial charge is 0.450 e. The van der Waals surface area contributed by atoms with Crippen molar-refractivity contribution < 1.29 is 29.2 Å². The van der Waals surface area contributed by atoms with Crippen LogP contribution in [0, 0.1) is 0 Å². The number of esters is 1. The van der Waals surface area contributed by atoms with E-state index in [9.17, 15) is 15.0 Å². The number of unbranched alkanes of at least 4 members (excludes halogenated alkanes) is 1. The highest BCUT2D eigenvalue weighted by Crippen LogP contribution is 2.26. The SMILES string of the molecule is C=CCCCO[C@H]1O[C@H](CO)[C@@H](O)[C@@H]1OC(=O)c1ccccc1. The fraction of sp³-hybridized carbons (Fsp3) is 0.471. The molecule has 1 saturated heterocycles. The number of carbonyl (C=O) groups is 1. The van der Waals surface area contributed by atoms with E-state index in [1.807, 2.05) is 0 Å². The van der Waals surface area contributed by atoms with Crippen LogP contribution in [0.25, 0.3) is 0 Å². The Kier molecular flexibility index (Phi) is 6.73. The minimum Gasteiger partial charge on any atom is -0.450 e. The maximum Gasteiger partial charge on any atom is 0.338 e. The highest BCUT2D eigenvalue weighted by molar-refractivity contribution is 5.89. The summed E-state index contributed by atoms with van der Waals surface area (Å²) in [6.07, 6.45) is -0.569. The molecule has 6 heteroatoms. The van der Waals surface area contributed by atoms with Gasteiger partial charge < -0.3 is 24.4 Å². The zero-order chi connectivity index (χ0) is 16.7. The summed E-state index contributed by atoms with van der Waals surface area (Å²) in [4.78, 5) is 12.1. The van der Waals surface area contributed by atoms with Crippen LogP contribution >= 0.6 is 0 Å². The summed E-state index contributed by atoms with van der Waals surface area (Å²) in [5.74, 6) is -0.573. The van der Waals surface area contributed by atoms with Crippen LogP contribution in [0.2, 0.25) is 0 Å². The van der Waals surface area contributed by atoms with Crippen molar-refractivity contribution in [2.75, 3.05) is 13.2 Å². The summed E-state index contributed by atoms with van der Waals surface area (Å²) in [5, 5.41) is 19.4. The van der Waals surface area contributed by atoms with E-state index < -0.39 is 30.6 Å². The summed E-state index contributed by atoms with van der Waals surface area (Å²) < 4.78 is 16.3. The molecule has 0 aromatic heterocycles. The lowest BCUT2D eigenvalue weighted by atomic mass is 10.1. The molecule has 1 aromatic rings. The Morgan fingerprint density at radius 2 is 2.09 bits per heavy atom. The van der Waals surface area contributed by atoms with Gasteiger partial charge in [-0.1, -0.05) is 24.3 Å². The second kappa shape index (κ2) is 8.79. The smallest absolute Gasteiger partial charge is 0.338 e. The summed E-state index contributed by atoms with van der Waals surface area (Å²) in [5.41, 5.74) is 0.373. The predicted octanol–water partition coefficient (Wildman–Crippen LogP) is 1.27. The third kappa shape index (κ3) is 4.62. The minimum atomic E-state index is -1.14. The molecule has 0 spiro atoms. The number of allylic oxidation sites excluding steroid dienone is 1. The normalized spacial score (nSPS) is 26.9. The summed E-state index contributed by atoms with van der Waals surface area (Å²) in [6, 6.07) is 8.47. The van der Waals surface area contributed by atoms with Crippen LogP contribution in [0.4, 0.5) is 0 Å². The quantitative estimate of drug-likeness (QED) is 0.426. The molecule has 0 saturated carbocycles. The van der Waals surface area contributed by atoms with Crippen molar-refractivity contribution in [2.24, 2.45) is 0 Å². The van der Waals surface area contributed by atoms with Crippen molar-refractivity contribution in [3.63, 3.8) is 0 Å². The van der Waals surface area contributed by atoms with Crippen LogP contribution in [0.5, 0.6) is 0 Å². The van der Waals surface area contributed by atoms with E-state index in [1.165, 1.54) is 0 Å². The Bertz CT molecular complexity index is 503. The highest BCUT2D eigenvalue weighted by atomic mass is 16.7. The summed E-state index contributed by atoms with van der Waals surface area (Å²) in [6.45, 7) is 3.62. The van der Waals surface area contributed by atoms with Crippen LogP contribution in [0.3, 0.4) is 0 Å². The number of ether oxygens (including phenoxy) is 3. The van der Waals surface area contributed by atoms with Gasteiger partial charge in [0, 0.05) is 0 Å². The van der Waals surface area contributed by atoms with Crippen molar-refractivity contribution in [3.8, 4) is 0 Å². The van der Waals surface area contributed by atoms with E-state index in [2.05, 4.69) is 6.58 Å². The third-order valence-electron chi connectivity index (χ3n) is 3.56. The second-order valence-electron chi connectivity index (χ2n) is 5.25. The molecule has 2 rings (SSSR count). The van der Waals surface area contributed by atoms with E-state index >= 15 is 0 Å². The summed E-state index contributed by atoms with van der Waals surface area (Å²) in [7, 11) is 0. The molecular weight excluding hydrogens is 300 g/mol. The number of aliphatic hydroxyl groups is 2. The van der Waals surface area contributed by atoms with Gasteiger partial charge in [-0.05, 0) is 25.0 Å². The number of aliphatic hydroxyl groups excluding tert-OH is 2. The molecule has 1 heterocycles. The molecule has 23 heavy (non-hydrogen) atoms. The Morgan fingerprint density at radius 3 is 2.74 bits per heavy atom. The van der Waals surface area contributed by atoms with Gasteiger partial charge in [-0.2, -0.15) is 0 Å². The van der Waals surface area contributed by atoms with Gasteiger partial charge in [-0.25, -0.2) is 4.79 Å². The standard InChI is InChI=1S/C17H22O6/c1-2-3-7-10-21-17-15(14(19)13(11-18)22-17)23-16(20)12-8-5-4-6-9-12/h2,4-6,8-9,13-15,17-19H,1,3,7,10-11H2/t13-,14-,15+,17+/m1/s1. The van der Waals surface area contributed by atoms with E-state index in [4.69, 9.17) is 14.2 Å². The second-order valence-corrected chi connectivity index (χ2v) is 5.25.